The SMILES string of the molecule is CCNC(=O)C(C)N(Cc1ccc(F)cc1)C(=O)CN(c1ccc(Br)c(C)c1)S(C)(=O)=O. The Labute approximate surface area is 196 Å². The second-order valence-electron chi connectivity index (χ2n) is 7.42. The molecule has 0 spiro atoms. The van der Waals surface area contributed by atoms with E-state index in [1.54, 1.807) is 32.0 Å². The summed E-state index contributed by atoms with van der Waals surface area (Å²) in [6.07, 6.45) is 1.02. The molecule has 1 atom stereocenters. The standard InChI is InChI=1S/C22H27BrFN3O4S/c1-5-25-22(29)16(3)26(13-17-6-8-18(24)9-7-17)21(28)14-27(32(4,30)31)19-10-11-20(23)15(2)12-19/h6-12,16H,5,13-14H2,1-4H3,(H,25,29). The highest BCUT2D eigenvalue weighted by Gasteiger charge is 2.30. The third-order valence-corrected chi connectivity index (χ3v) is 6.92. The van der Waals surface area contributed by atoms with Gasteiger partial charge in [-0.25, -0.2) is 12.8 Å². The fourth-order valence-electron chi connectivity index (χ4n) is 3.09. The van der Waals surface area contributed by atoms with E-state index in [0.29, 0.717) is 17.8 Å². The number of anilines is 1. The van der Waals surface area contributed by atoms with Crippen LogP contribution in [0.5, 0.6) is 0 Å². The molecular weight excluding hydrogens is 501 g/mol. The fraction of sp³-hybridized carbons (Fsp3) is 0.364. The molecule has 0 saturated carbocycles. The van der Waals surface area contributed by atoms with Crippen molar-refractivity contribution in [2.75, 3.05) is 23.7 Å². The van der Waals surface area contributed by atoms with E-state index < -0.39 is 34.3 Å². The Morgan fingerprint density at radius 1 is 1.16 bits per heavy atom. The van der Waals surface area contributed by atoms with Crippen LogP contribution in [0, 0.1) is 12.7 Å². The number of likely N-dealkylation sites (N-methyl/N-ethyl adjacent to an activating group) is 1. The summed E-state index contributed by atoms with van der Waals surface area (Å²) in [7, 11) is -3.79. The average Bonchev–Trinajstić information content (AvgIpc) is 2.72. The van der Waals surface area contributed by atoms with Gasteiger partial charge in [0.2, 0.25) is 21.8 Å². The van der Waals surface area contributed by atoms with Crippen molar-refractivity contribution in [1.29, 1.82) is 0 Å². The number of rotatable bonds is 9. The highest BCUT2D eigenvalue weighted by Crippen LogP contribution is 2.25. The van der Waals surface area contributed by atoms with Crippen molar-refractivity contribution in [3.8, 4) is 0 Å². The van der Waals surface area contributed by atoms with Crippen LogP contribution in [0.4, 0.5) is 10.1 Å². The number of benzene rings is 2. The lowest BCUT2D eigenvalue weighted by Gasteiger charge is -2.31. The van der Waals surface area contributed by atoms with Crippen LogP contribution in [-0.4, -0.2) is 50.5 Å². The molecule has 32 heavy (non-hydrogen) atoms. The Morgan fingerprint density at radius 2 is 1.78 bits per heavy atom. The van der Waals surface area contributed by atoms with Crippen LogP contribution < -0.4 is 9.62 Å². The molecule has 1 N–H and O–H groups in total. The van der Waals surface area contributed by atoms with E-state index in [0.717, 1.165) is 20.6 Å². The van der Waals surface area contributed by atoms with Gasteiger partial charge < -0.3 is 10.2 Å². The predicted octanol–water partition coefficient (Wildman–Crippen LogP) is 3.22. The summed E-state index contributed by atoms with van der Waals surface area (Å²) in [5.74, 6) is -1.34. The number of carbonyl (C=O) groups is 2. The molecule has 0 aromatic heterocycles. The zero-order valence-corrected chi connectivity index (χ0v) is 20.8. The van der Waals surface area contributed by atoms with Gasteiger partial charge in [-0.2, -0.15) is 0 Å². The Morgan fingerprint density at radius 3 is 2.31 bits per heavy atom. The van der Waals surface area contributed by atoms with Gasteiger partial charge in [-0.05, 0) is 62.2 Å². The van der Waals surface area contributed by atoms with E-state index in [-0.39, 0.29) is 12.5 Å². The van der Waals surface area contributed by atoms with E-state index >= 15 is 0 Å². The number of aryl methyl sites for hydroxylation is 1. The average molecular weight is 528 g/mol. The molecule has 0 aliphatic heterocycles. The minimum atomic E-state index is -3.79. The maximum Gasteiger partial charge on any atom is 0.244 e. The first-order valence-corrected chi connectivity index (χ1v) is 12.6. The first-order chi connectivity index (χ1) is 14.9. The normalized spacial score (nSPS) is 12.2. The maximum absolute atomic E-state index is 13.3. The Kier molecular flexibility index (Phi) is 8.80. The summed E-state index contributed by atoms with van der Waals surface area (Å²) in [6, 6.07) is 9.68. The summed E-state index contributed by atoms with van der Waals surface area (Å²) >= 11 is 3.38. The van der Waals surface area contributed by atoms with Crippen LogP contribution in [0.15, 0.2) is 46.9 Å². The minimum absolute atomic E-state index is 0.0222. The molecule has 0 aliphatic rings. The van der Waals surface area contributed by atoms with Gasteiger partial charge in [0.1, 0.15) is 18.4 Å². The van der Waals surface area contributed by atoms with Crippen LogP contribution in [0.25, 0.3) is 0 Å². The molecule has 2 rings (SSSR count). The van der Waals surface area contributed by atoms with Gasteiger partial charge in [0.05, 0.1) is 11.9 Å². The number of nitrogens with zero attached hydrogens (tertiary/aromatic N) is 2. The number of carbonyl (C=O) groups excluding carboxylic acids is 2. The topological polar surface area (TPSA) is 86.8 Å². The highest BCUT2D eigenvalue weighted by molar-refractivity contribution is 9.10. The molecule has 0 aliphatic carbocycles. The molecule has 0 saturated heterocycles. The smallest absolute Gasteiger partial charge is 0.244 e. The lowest BCUT2D eigenvalue weighted by atomic mass is 10.1. The van der Waals surface area contributed by atoms with E-state index in [4.69, 9.17) is 0 Å². The lowest BCUT2D eigenvalue weighted by Crippen LogP contribution is -2.51. The molecule has 0 heterocycles. The van der Waals surface area contributed by atoms with Crippen molar-refractivity contribution < 1.29 is 22.4 Å². The van der Waals surface area contributed by atoms with Crippen LogP contribution in [0.2, 0.25) is 0 Å². The second-order valence-corrected chi connectivity index (χ2v) is 10.2. The molecule has 10 heteroatoms. The van der Waals surface area contributed by atoms with Crippen LogP contribution >= 0.6 is 15.9 Å². The number of nitrogens with one attached hydrogen (secondary N) is 1. The Bertz CT molecular complexity index is 1080. The van der Waals surface area contributed by atoms with Gasteiger partial charge in [0.25, 0.3) is 0 Å². The zero-order chi connectivity index (χ0) is 24.1. The number of halogens is 2. The van der Waals surface area contributed by atoms with Crippen LogP contribution in [0.1, 0.15) is 25.0 Å². The van der Waals surface area contributed by atoms with Gasteiger partial charge in [-0.3, -0.25) is 13.9 Å². The molecule has 0 bridgehead atoms. The highest BCUT2D eigenvalue weighted by atomic mass is 79.9. The zero-order valence-electron chi connectivity index (χ0n) is 18.4. The molecule has 174 valence electrons. The monoisotopic (exact) mass is 527 g/mol. The predicted molar refractivity (Wildman–Crippen MR) is 126 cm³/mol. The van der Waals surface area contributed by atoms with Crippen molar-refractivity contribution in [3.05, 3.63) is 63.9 Å². The van der Waals surface area contributed by atoms with Crippen LogP contribution in [0.3, 0.4) is 0 Å². The van der Waals surface area contributed by atoms with E-state index in [1.165, 1.54) is 29.2 Å². The first kappa shape index (κ1) is 25.8. The van der Waals surface area contributed by atoms with Crippen molar-refractivity contribution in [1.82, 2.24) is 10.2 Å². The lowest BCUT2D eigenvalue weighted by molar-refractivity contribution is -0.139. The fourth-order valence-corrected chi connectivity index (χ4v) is 4.18. The molecule has 1 unspecified atom stereocenters. The third-order valence-electron chi connectivity index (χ3n) is 4.89. The number of amides is 2. The Hall–Kier alpha value is -2.46. The Balaban J connectivity index is 2.39. The van der Waals surface area contributed by atoms with Crippen molar-refractivity contribution in [2.45, 2.75) is 33.4 Å². The largest absolute Gasteiger partial charge is 0.355 e. The summed E-state index contributed by atoms with van der Waals surface area (Å²) < 4.78 is 40.1. The summed E-state index contributed by atoms with van der Waals surface area (Å²) in [5, 5.41) is 2.67. The van der Waals surface area contributed by atoms with Crippen molar-refractivity contribution in [3.63, 3.8) is 0 Å². The number of hydrogen-bond acceptors (Lipinski definition) is 4. The quantitative estimate of drug-likeness (QED) is 0.542. The van der Waals surface area contributed by atoms with Gasteiger partial charge in [0, 0.05) is 17.6 Å². The summed E-state index contributed by atoms with van der Waals surface area (Å²) in [5.41, 5.74) is 1.76. The van der Waals surface area contributed by atoms with Crippen molar-refractivity contribution >= 4 is 43.5 Å². The second kappa shape index (κ2) is 10.9. The van der Waals surface area contributed by atoms with Gasteiger partial charge in [-0.15, -0.1) is 0 Å². The van der Waals surface area contributed by atoms with E-state index in [2.05, 4.69) is 21.2 Å². The molecule has 2 amide bonds. The molecule has 0 fully saturated rings. The molecule has 0 radical (unpaired) electrons. The minimum Gasteiger partial charge on any atom is -0.355 e. The van der Waals surface area contributed by atoms with Crippen molar-refractivity contribution in [2.24, 2.45) is 0 Å². The molecule has 2 aromatic rings. The van der Waals surface area contributed by atoms with Gasteiger partial charge >= 0.3 is 0 Å². The van der Waals surface area contributed by atoms with Gasteiger partial charge in [0.15, 0.2) is 0 Å². The number of sulfonamides is 1. The molecule has 7 nitrogen and oxygen atoms in total. The molecule has 2 aromatic carbocycles. The summed E-state index contributed by atoms with van der Waals surface area (Å²) in [4.78, 5) is 27.1. The van der Waals surface area contributed by atoms with Gasteiger partial charge in [-0.1, -0.05) is 28.1 Å². The maximum atomic E-state index is 13.3. The number of hydrogen-bond donors (Lipinski definition) is 1. The first-order valence-electron chi connectivity index (χ1n) is 9.99. The van der Waals surface area contributed by atoms with E-state index in [9.17, 15) is 22.4 Å². The van der Waals surface area contributed by atoms with Crippen LogP contribution in [-0.2, 0) is 26.2 Å². The molecular formula is C22H27BrFN3O4S. The summed E-state index contributed by atoms with van der Waals surface area (Å²) in [6.45, 7) is 5.07. The van der Waals surface area contributed by atoms with E-state index in [1.807, 2.05) is 6.92 Å². The third kappa shape index (κ3) is 6.77.